The van der Waals surface area contributed by atoms with Crippen LogP contribution in [0.3, 0.4) is 0 Å². The first-order valence-electron chi connectivity index (χ1n) is 5.98. The van der Waals surface area contributed by atoms with Gasteiger partial charge in [0.05, 0.1) is 12.0 Å². The topological polar surface area (TPSA) is 111 Å². The van der Waals surface area contributed by atoms with Crippen LogP contribution < -0.4 is 5.32 Å². The zero-order valence-corrected chi connectivity index (χ0v) is 12.2. The number of rotatable bonds is 5. The summed E-state index contributed by atoms with van der Waals surface area (Å²) in [6.45, 7) is 0. The summed E-state index contributed by atoms with van der Waals surface area (Å²) in [4.78, 5) is 39.2. The smallest absolute Gasteiger partial charge is 0.273 e. The van der Waals surface area contributed by atoms with Gasteiger partial charge in [0, 0.05) is 45.4 Å². The van der Waals surface area contributed by atoms with Gasteiger partial charge in [-0.05, 0) is 0 Å². The SMILES string of the molecule is CNC(=O)C1(OC)C=C([N+](=O)[O-])C=C(C(=O)N(C)OC)C1. The number of carbonyl (C=O) groups is 2. The van der Waals surface area contributed by atoms with Crippen LogP contribution in [0.5, 0.6) is 0 Å². The Morgan fingerprint density at radius 3 is 2.52 bits per heavy atom. The number of nitrogens with one attached hydrogen (secondary N) is 1. The fraction of sp³-hybridized carbons (Fsp3) is 0.500. The van der Waals surface area contributed by atoms with Gasteiger partial charge in [-0.1, -0.05) is 0 Å². The van der Waals surface area contributed by atoms with Crippen LogP contribution in [-0.4, -0.2) is 55.7 Å². The van der Waals surface area contributed by atoms with Crippen molar-refractivity contribution in [3.05, 3.63) is 33.5 Å². The van der Waals surface area contributed by atoms with E-state index in [0.717, 1.165) is 17.2 Å². The van der Waals surface area contributed by atoms with Crippen LogP contribution in [0, 0.1) is 10.1 Å². The van der Waals surface area contributed by atoms with Crippen LogP contribution in [0.15, 0.2) is 23.4 Å². The van der Waals surface area contributed by atoms with Gasteiger partial charge < -0.3 is 10.1 Å². The molecule has 1 unspecified atom stereocenters. The normalized spacial score (nSPS) is 21.1. The van der Waals surface area contributed by atoms with Gasteiger partial charge in [0.25, 0.3) is 17.5 Å². The van der Waals surface area contributed by atoms with Crippen molar-refractivity contribution in [2.75, 3.05) is 28.3 Å². The maximum atomic E-state index is 12.1. The molecule has 0 heterocycles. The van der Waals surface area contributed by atoms with Gasteiger partial charge in [0.1, 0.15) is 0 Å². The number of carbonyl (C=O) groups excluding carboxylic acids is 2. The maximum Gasteiger partial charge on any atom is 0.273 e. The van der Waals surface area contributed by atoms with Gasteiger partial charge in [-0.2, -0.15) is 0 Å². The molecule has 1 N–H and O–H groups in total. The van der Waals surface area contributed by atoms with Gasteiger partial charge in [-0.15, -0.1) is 0 Å². The Morgan fingerprint density at radius 2 is 2.10 bits per heavy atom. The molecule has 9 heteroatoms. The molecule has 0 saturated heterocycles. The average Bonchev–Trinajstić information content (AvgIpc) is 2.51. The predicted octanol–water partition coefficient (Wildman–Crippen LogP) is -0.372. The number of ether oxygens (including phenoxy) is 1. The monoisotopic (exact) mass is 299 g/mol. The molecule has 0 spiro atoms. The molecule has 1 aliphatic carbocycles. The van der Waals surface area contributed by atoms with Crippen LogP contribution in [0.2, 0.25) is 0 Å². The Hall–Kier alpha value is -2.26. The molecule has 1 aliphatic rings. The first-order valence-corrected chi connectivity index (χ1v) is 5.98. The van der Waals surface area contributed by atoms with E-state index in [1.807, 2.05) is 0 Å². The first-order chi connectivity index (χ1) is 9.81. The zero-order chi connectivity index (χ0) is 16.2. The number of hydroxylamine groups is 2. The molecule has 2 amide bonds. The molecule has 9 nitrogen and oxygen atoms in total. The maximum absolute atomic E-state index is 12.1. The van der Waals surface area contributed by atoms with Gasteiger partial charge in [-0.25, -0.2) is 5.06 Å². The molecule has 0 aromatic carbocycles. The summed E-state index contributed by atoms with van der Waals surface area (Å²) >= 11 is 0. The Balaban J connectivity index is 3.31. The van der Waals surface area contributed by atoms with E-state index in [2.05, 4.69) is 5.32 Å². The van der Waals surface area contributed by atoms with Gasteiger partial charge in [-0.3, -0.25) is 24.5 Å². The third kappa shape index (κ3) is 3.26. The molecular formula is C12H17N3O6. The molecule has 1 rings (SSSR count). The van der Waals surface area contributed by atoms with E-state index in [1.165, 1.54) is 28.3 Å². The minimum absolute atomic E-state index is 0.0407. The van der Waals surface area contributed by atoms with Gasteiger partial charge in [0.15, 0.2) is 5.60 Å². The van der Waals surface area contributed by atoms with E-state index in [-0.39, 0.29) is 17.7 Å². The fourth-order valence-electron chi connectivity index (χ4n) is 1.95. The second kappa shape index (κ2) is 6.46. The number of amides is 2. The van der Waals surface area contributed by atoms with Crippen molar-refractivity contribution < 1.29 is 24.1 Å². The van der Waals surface area contributed by atoms with Crippen molar-refractivity contribution in [1.29, 1.82) is 0 Å². The number of hydrogen-bond acceptors (Lipinski definition) is 6. The molecule has 0 aliphatic heterocycles. The highest BCUT2D eigenvalue weighted by Gasteiger charge is 2.43. The lowest BCUT2D eigenvalue weighted by Crippen LogP contribution is -2.48. The molecule has 0 bridgehead atoms. The highest BCUT2D eigenvalue weighted by molar-refractivity contribution is 5.97. The minimum atomic E-state index is -1.61. The highest BCUT2D eigenvalue weighted by atomic mass is 16.7. The third-order valence-electron chi connectivity index (χ3n) is 3.18. The van der Waals surface area contributed by atoms with Crippen molar-refractivity contribution >= 4 is 11.8 Å². The Morgan fingerprint density at radius 1 is 1.48 bits per heavy atom. The lowest BCUT2D eigenvalue weighted by atomic mass is 9.87. The fourth-order valence-corrected chi connectivity index (χ4v) is 1.95. The summed E-state index contributed by atoms with van der Waals surface area (Å²) in [6.07, 6.45) is 2.07. The molecule has 0 saturated carbocycles. The lowest BCUT2D eigenvalue weighted by molar-refractivity contribution is -0.420. The Labute approximate surface area is 121 Å². The number of nitrogens with zero attached hydrogens (tertiary/aromatic N) is 2. The lowest BCUT2D eigenvalue weighted by Gasteiger charge is -2.30. The second-order valence-corrected chi connectivity index (χ2v) is 4.33. The summed E-state index contributed by atoms with van der Waals surface area (Å²) < 4.78 is 5.16. The quantitative estimate of drug-likeness (QED) is 0.547. The Kier molecular flexibility index (Phi) is 5.17. The van der Waals surface area contributed by atoms with Crippen molar-refractivity contribution in [2.24, 2.45) is 0 Å². The number of likely N-dealkylation sites (N-methyl/N-ethyl adjacent to an activating group) is 2. The standard InChI is InChI=1S/C12H17N3O6/c1-13-11(17)12(20-3)6-8(10(16)14(2)21-4)5-9(7-12)15(18)19/h5,7H,6H2,1-4H3,(H,13,17). The number of allylic oxidation sites excluding steroid dienone is 1. The molecule has 21 heavy (non-hydrogen) atoms. The average molecular weight is 299 g/mol. The molecule has 0 aromatic heterocycles. The molecule has 116 valence electrons. The molecule has 0 radical (unpaired) electrons. The van der Waals surface area contributed by atoms with E-state index >= 15 is 0 Å². The van der Waals surface area contributed by atoms with Crippen molar-refractivity contribution in [1.82, 2.24) is 10.4 Å². The number of hydrogen-bond donors (Lipinski definition) is 1. The largest absolute Gasteiger partial charge is 0.364 e. The predicted molar refractivity (Wildman–Crippen MR) is 71.4 cm³/mol. The van der Waals surface area contributed by atoms with Crippen LogP contribution in [0.4, 0.5) is 0 Å². The van der Waals surface area contributed by atoms with Gasteiger partial charge >= 0.3 is 0 Å². The van der Waals surface area contributed by atoms with Crippen LogP contribution in [0.1, 0.15) is 6.42 Å². The third-order valence-corrected chi connectivity index (χ3v) is 3.18. The minimum Gasteiger partial charge on any atom is -0.364 e. The molecule has 0 fully saturated rings. The van der Waals surface area contributed by atoms with E-state index in [4.69, 9.17) is 9.57 Å². The van der Waals surface area contributed by atoms with E-state index < -0.39 is 22.3 Å². The van der Waals surface area contributed by atoms with E-state index in [9.17, 15) is 19.7 Å². The van der Waals surface area contributed by atoms with Crippen molar-refractivity contribution in [3.63, 3.8) is 0 Å². The van der Waals surface area contributed by atoms with Crippen LogP contribution >= 0.6 is 0 Å². The van der Waals surface area contributed by atoms with E-state index in [1.54, 1.807) is 0 Å². The highest BCUT2D eigenvalue weighted by Crippen LogP contribution is 2.31. The summed E-state index contributed by atoms with van der Waals surface area (Å²) in [5, 5.41) is 14.3. The van der Waals surface area contributed by atoms with E-state index in [0.29, 0.717) is 0 Å². The zero-order valence-electron chi connectivity index (χ0n) is 12.2. The number of nitro groups is 1. The Bertz CT molecular complexity index is 527. The van der Waals surface area contributed by atoms with Crippen LogP contribution in [0.25, 0.3) is 0 Å². The first kappa shape index (κ1) is 16.8. The van der Waals surface area contributed by atoms with Crippen molar-refractivity contribution in [3.8, 4) is 0 Å². The molecular weight excluding hydrogens is 282 g/mol. The summed E-state index contributed by atoms with van der Waals surface area (Å²) in [6, 6.07) is 0. The summed E-state index contributed by atoms with van der Waals surface area (Å²) in [5.74, 6) is -1.17. The molecule has 1 atom stereocenters. The number of methoxy groups -OCH3 is 1. The summed E-state index contributed by atoms with van der Waals surface area (Å²) in [7, 11) is 5.27. The van der Waals surface area contributed by atoms with Gasteiger partial charge in [0.2, 0.25) is 0 Å². The summed E-state index contributed by atoms with van der Waals surface area (Å²) in [5.41, 5.74) is -1.95. The second-order valence-electron chi connectivity index (χ2n) is 4.33. The van der Waals surface area contributed by atoms with Crippen LogP contribution in [-0.2, 0) is 19.2 Å². The van der Waals surface area contributed by atoms with Crippen molar-refractivity contribution in [2.45, 2.75) is 12.0 Å². The molecule has 0 aromatic rings.